The van der Waals surface area contributed by atoms with E-state index in [0.717, 1.165) is 0 Å². The van der Waals surface area contributed by atoms with E-state index < -0.39 is 34.2 Å². The molecule has 2 aromatic carbocycles. The van der Waals surface area contributed by atoms with Gasteiger partial charge in [-0.15, -0.1) is 0 Å². The second-order valence-electron chi connectivity index (χ2n) is 4.74. The Labute approximate surface area is 171 Å². The molecule has 3 rings (SSSR count). The maximum absolute atomic E-state index is 12.8. The van der Waals surface area contributed by atoms with Crippen LogP contribution in [0.2, 0.25) is 20.1 Å². The quantitative estimate of drug-likeness (QED) is 0.210. The molecule has 0 spiro atoms. The van der Waals surface area contributed by atoms with Crippen molar-refractivity contribution in [2.75, 3.05) is 0 Å². The Bertz CT molecular complexity index is 835. The Morgan fingerprint density at radius 3 is 1.17 bits per heavy atom. The lowest BCUT2D eigenvalue weighted by atomic mass is 9.83. The first-order valence-electron chi connectivity index (χ1n) is 5.99. The molecule has 0 aliphatic heterocycles. The van der Waals surface area contributed by atoms with Gasteiger partial charge in [-0.25, -0.2) is 0 Å². The van der Waals surface area contributed by atoms with Crippen LogP contribution in [0.25, 0.3) is 0 Å². The van der Waals surface area contributed by atoms with E-state index in [0.29, 0.717) is 0 Å². The zero-order valence-electron chi connectivity index (χ0n) is 11.0. The van der Waals surface area contributed by atoms with E-state index in [1.807, 2.05) is 0 Å². The fourth-order valence-corrected chi connectivity index (χ4v) is 4.21. The number of carbonyl (C=O) groups is 2. The molecular weight excluding hydrogens is 534 g/mol. The Morgan fingerprint density at radius 1 is 0.583 bits per heavy atom. The van der Waals surface area contributed by atoms with Crippen molar-refractivity contribution in [3.63, 3.8) is 0 Å². The molecule has 24 heavy (non-hydrogen) atoms. The Balaban J connectivity index is 2.53. The molecule has 2 N–H and O–H groups in total. The fraction of sp³-hybridized carbons (Fsp3) is 0. The van der Waals surface area contributed by atoms with Gasteiger partial charge in [-0.1, -0.05) is 46.4 Å². The predicted octanol–water partition coefficient (Wildman–Crippen LogP) is 6.01. The lowest BCUT2D eigenvalue weighted by Crippen LogP contribution is -2.23. The van der Waals surface area contributed by atoms with E-state index in [2.05, 4.69) is 31.9 Å². The fourth-order valence-electron chi connectivity index (χ4n) is 2.41. The van der Waals surface area contributed by atoms with Crippen LogP contribution < -0.4 is 0 Å². The number of carbonyl (C=O) groups excluding carboxylic acids is 2. The highest BCUT2D eigenvalue weighted by Crippen LogP contribution is 2.51. The summed E-state index contributed by atoms with van der Waals surface area (Å²) < 4.78 is 0.0104. The number of halogens is 6. The van der Waals surface area contributed by atoms with Crippen molar-refractivity contribution in [2.45, 2.75) is 0 Å². The smallest absolute Gasteiger partial charge is 0.200 e. The summed E-state index contributed by atoms with van der Waals surface area (Å²) in [7, 11) is 0. The van der Waals surface area contributed by atoms with Crippen molar-refractivity contribution in [2.24, 2.45) is 0 Å². The first-order chi connectivity index (χ1) is 11.1. The molecule has 0 aromatic heterocycles. The van der Waals surface area contributed by atoms with Gasteiger partial charge < -0.3 is 10.2 Å². The number of rotatable bonds is 0. The van der Waals surface area contributed by atoms with Crippen molar-refractivity contribution in [3.8, 4) is 11.5 Å². The molecule has 1 aliphatic rings. The molecule has 124 valence electrons. The molecule has 0 amide bonds. The van der Waals surface area contributed by atoms with Crippen molar-refractivity contribution >= 4 is 89.8 Å². The van der Waals surface area contributed by atoms with Crippen molar-refractivity contribution in [1.82, 2.24) is 0 Å². The van der Waals surface area contributed by atoms with E-state index in [-0.39, 0.29) is 40.2 Å². The van der Waals surface area contributed by atoms with Crippen LogP contribution in [0.3, 0.4) is 0 Å². The summed E-state index contributed by atoms with van der Waals surface area (Å²) in [5.74, 6) is -2.69. The molecule has 1 aliphatic carbocycles. The summed E-state index contributed by atoms with van der Waals surface area (Å²) in [6.07, 6.45) is 0. The van der Waals surface area contributed by atoms with Crippen molar-refractivity contribution in [3.05, 3.63) is 51.3 Å². The highest BCUT2D eigenvalue weighted by Gasteiger charge is 2.41. The summed E-state index contributed by atoms with van der Waals surface area (Å²) in [4.78, 5) is 25.6. The van der Waals surface area contributed by atoms with Gasteiger partial charge in [0.2, 0.25) is 0 Å². The molecule has 0 atom stereocenters. The third-order valence-electron chi connectivity index (χ3n) is 3.51. The molecule has 10 heteroatoms. The van der Waals surface area contributed by atoms with Crippen molar-refractivity contribution in [1.29, 1.82) is 0 Å². The van der Waals surface area contributed by atoms with Gasteiger partial charge in [0, 0.05) is 0 Å². The predicted molar refractivity (Wildman–Crippen MR) is 98.5 cm³/mol. The van der Waals surface area contributed by atoms with Crippen LogP contribution in [-0.4, -0.2) is 21.8 Å². The normalized spacial score (nSPS) is 13.1. The summed E-state index contributed by atoms with van der Waals surface area (Å²) in [5, 5.41) is 19.6. The topological polar surface area (TPSA) is 74.6 Å². The van der Waals surface area contributed by atoms with E-state index in [4.69, 9.17) is 46.4 Å². The minimum atomic E-state index is -0.814. The molecule has 0 heterocycles. The first kappa shape index (κ1) is 18.3. The molecule has 0 bridgehead atoms. The first-order valence-corrected chi connectivity index (χ1v) is 9.09. The van der Waals surface area contributed by atoms with Crippen LogP contribution in [0.5, 0.6) is 11.5 Å². The molecule has 0 saturated heterocycles. The SMILES string of the molecule is O=C1c2c(O)c(Br)c(Br)c(O)c2C(=O)c2c(Cl)c(Cl)c(Cl)c(Cl)c21. The van der Waals surface area contributed by atoms with E-state index in [1.165, 1.54) is 0 Å². The maximum atomic E-state index is 12.8. The Hall–Kier alpha value is -0.500. The zero-order chi connectivity index (χ0) is 18.1. The minimum Gasteiger partial charge on any atom is -0.506 e. The third kappa shape index (κ3) is 2.24. The standard InChI is InChI=1S/C14H2Br2Cl4O4/c15-5-6(16)14(24)4-3(13(5)23)11(21)1-2(12(4)22)8(18)10(20)9(19)7(1)17/h23-24H. The number of hydrogen-bond acceptors (Lipinski definition) is 4. The van der Waals surface area contributed by atoms with E-state index >= 15 is 0 Å². The highest BCUT2D eigenvalue weighted by molar-refractivity contribution is 9.13. The van der Waals surface area contributed by atoms with Gasteiger partial charge in [-0.3, -0.25) is 9.59 Å². The highest BCUT2D eigenvalue weighted by atomic mass is 79.9. The molecule has 4 nitrogen and oxygen atoms in total. The van der Waals surface area contributed by atoms with Crippen LogP contribution in [0.15, 0.2) is 8.95 Å². The van der Waals surface area contributed by atoms with Gasteiger partial charge in [0.05, 0.1) is 51.3 Å². The lowest BCUT2D eigenvalue weighted by Gasteiger charge is -2.23. The van der Waals surface area contributed by atoms with Gasteiger partial charge in [0.25, 0.3) is 0 Å². The Morgan fingerprint density at radius 2 is 0.875 bits per heavy atom. The number of phenols is 2. The largest absolute Gasteiger partial charge is 0.506 e. The zero-order valence-corrected chi connectivity index (χ0v) is 17.2. The number of benzene rings is 2. The van der Waals surface area contributed by atoms with Crippen LogP contribution in [-0.2, 0) is 0 Å². The van der Waals surface area contributed by atoms with Gasteiger partial charge in [0.1, 0.15) is 11.5 Å². The second kappa shape index (κ2) is 6.04. The van der Waals surface area contributed by atoms with Gasteiger partial charge in [0.15, 0.2) is 11.6 Å². The van der Waals surface area contributed by atoms with Crippen LogP contribution in [0.4, 0.5) is 0 Å². The Kier molecular flexibility index (Phi) is 4.60. The van der Waals surface area contributed by atoms with Gasteiger partial charge in [-0.2, -0.15) is 0 Å². The molecule has 0 saturated carbocycles. The number of ketones is 2. The average molecular weight is 536 g/mol. The number of aromatic hydroxyl groups is 2. The third-order valence-corrected chi connectivity index (χ3v) is 7.39. The average Bonchev–Trinajstić information content (AvgIpc) is 2.55. The molecule has 0 unspecified atom stereocenters. The van der Waals surface area contributed by atoms with Crippen LogP contribution in [0, 0.1) is 0 Å². The molecule has 0 radical (unpaired) electrons. The summed E-state index contributed by atoms with van der Waals surface area (Å²) in [6.45, 7) is 0. The van der Waals surface area contributed by atoms with Gasteiger partial charge in [-0.05, 0) is 31.9 Å². The van der Waals surface area contributed by atoms with E-state index in [9.17, 15) is 19.8 Å². The minimum absolute atomic E-state index is 0.00521. The number of fused-ring (bicyclic) bond motifs is 2. The number of hydrogen-bond donors (Lipinski definition) is 2. The summed E-state index contributed by atoms with van der Waals surface area (Å²) in [5.41, 5.74) is -1.37. The molecule has 0 fully saturated rings. The summed E-state index contributed by atoms with van der Waals surface area (Å²) in [6, 6.07) is 0. The summed E-state index contributed by atoms with van der Waals surface area (Å²) >= 11 is 30.1. The molecule has 2 aromatic rings. The maximum Gasteiger partial charge on any atom is 0.200 e. The monoisotopic (exact) mass is 532 g/mol. The van der Waals surface area contributed by atoms with Gasteiger partial charge >= 0.3 is 0 Å². The number of phenolic OH excluding ortho intramolecular Hbond substituents is 2. The second-order valence-corrected chi connectivity index (χ2v) is 7.84. The lowest BCUT2D eigenvalue weighted by molar-refractivity contribution is 0.0974. The van der Waals surface area contributed by atoms with E-state index in [1.54, 1.807) is 0 Å². The van der Waals surface area contributed by atoms with Crippen molar-refractivity contribution < 1.29 is 19.8 Å². The van der Waals surface area contributed by atoms with Crippen LogP contribution in [0.1, 0.15) is 31.8 Å². The molecular formula is C14H2Br2Cl4O4. The van der Waals surface area contributed by atoms with Crippen LogP contribution >= 0.6 is 78.3 Å².